The molecule has 0 saturated carbocycles. The van der Waals surface area contributed by atoms with E-state index in [1.807, 2.05) is 30.9 Å². The highest BCUT2D eigenvalue weighted by molar-refractivity contribution is 7.99. The second-order valence-electron chi connectivity index (χ2n) is 6.96. The minimum absolute atomic E-state index is 0.0671. The molecule has 1 aliphatic heterocycles. The predicted octanol–water partition coefficient (Wildman–Crippen LogP) is 2.51. The number of aromatic nitrogens is 4. The Balaban J connectivity index is 1.64. The van der Waals surface area contributed by atoms with Crippen molar-refractivity contribution in [1.29, 1.82) is 0 Å². The maximum atomic E-state index is 12.5. The van der Waals surface area contributed by atoms with Crippen molar-refractivity contribution in [2.24, 2.45) is 0 Å². The molecule has 140 valence electrons. The second-order valence-corrected chi connectivity index (χ2v) is 7.91. The molecule has 1 amide bonds. The van der Waals surface area contributed by atoms with Gasteiger partial charge in [0.1, 0.15) is 0 Å². The number of amides is 1. The fourth-order valence-corrected chi connectivity index (χ4v) is 3.82. The third-order valence-electron chi connectivity index (χ3n) is 4.34. The summed E-state index contributed by atoms with van der Waals surface area (Å²) in [6, 6.07) is 8.17. The summed E-state index contributed by atoms with van der Waals surface area (Å²) < 4.78 is 7.36. The summed E-state index contributed by atoms with van der Waals surface area (Å²) in [6.45, 7) is 9.56. The van der Waals surface area contributed by atoms with Crippen molar-refractivity contribution in [3.63, 3.8) is 0 Å². The largest absolute Gasteiger partial charge is 0.372 e. The molecule has 0 N–H and O–H groups in total. The van der Waals surface area contributed by atoms with E-state index >= 15 is 0 Å². The number of thioether (sulfide) groups is 1. The number of carbonyl (C=O) groups excluding carboxylic acids is 1. The Hall–Kier alpha value is -1.93. The van der Waals surface area contributed by atoms with Gasteiger partial charge in [-0.25, -0.2) is 0 Å². The molecule has 1 fully saturated rings. The Morgan fingerprint density at radius 1 is 1.23 bits per heavy atom. The summed E-state index contributed by atoms with van der Waals surface area (Å²) in [7, 11) is 0. The molecule has 3 rings (SSSR count). The Labute approximate surface area is 158 Å². The highest BCUT2D eigenvalue weighted by Crippen LogP contribution is 2.22. The first-order chi connectivity index (χ1) is 12.4. The average Bonchev–Trinajstić information content (AvgIpc) is 3.07. The summed E-state index contributed by atoms with van der Waals surface area (Å²) in [6.07, 6.45) is 0.134. The van der Waals surface area contributed by atoms with E-state index in [2.05, 4.69) is 41.5 Å². The van der Waals surface area contributed by atoms with E-state index in [4.69, 9.17) is 4.74 Å². The summed E-state index contributed by atoms with van der Waals surface area (Å²) in [5.74, 6) is 0.869. The summed E-state index contributed by atoms with van der Waals surface area (Å²) >= 11 is 1.36. The van der Waals surface area contributed by atoms with Gasteiger partial charge >= 0.3 is 0 Å². The monoisotopic (exact) mass is 375 g/mol. The first kappa shape index (κ1) is 18.8. The molecule has 8 heteroatoms. The Morgan fingerprint density at radius 2 is 1.88 bits per heavy atom. The fraction of sp³-hybridized carbons (Fsp3) is 0.556. The smallest absolute Gasteiger partial charge is 0.233 e. The molecule has 0 bridgehead atoms. The van der Waals surface area contributed by atoms with Crippen molar-refractivity contribution >= 4 is 17.7 Å². The van der Waals surface area contributed by atoms with Crippen LogP contribution >= 0.6 is 11.8 Å². The number of hydrogen-bond donors (Lipinski definition) is 0. The van der Waals surface area contributed by atoms with Crippen LogP contribution in [-0.4, -0.2) is 62.1 Å². The van der Waals surface area contributed by atoms with Crippen molar-refractivity contribution in [1.82, 2.24) is 25.1 Å². The number of carbonyl (C=O) groups is 1. The number of morpholine rings is 1. The zero-order valence-electron chi connectivity index (χ0n) is 15.6. The molecule has 0 radical (unpaired) electrons. The number of tetrazole rings is 1. The van der Waals surface area contributed by atoms with E-state index < -0.39 is 0 Å². The van der Waals surface area contributed by atoms with Crippen LogP contribution in [0, 0.1) is 0 Å². The van der Waals surface area contributed by atoms with Crippen molar-refractivity contribution in [2.45, 2.75) is 51.0 Å². The van der Waals surface area contributed by atoms with Crippen LogP contribution in [-0.2, 0) is 9.53 Å². The third-order valence-corrected chi connectivity index (χ3v) is 5.25. The maximum absolute atomic E-state index is 12.5. The van der Waals surface area contributed by atoms with Crippen molar-refractivity contribution in [3.8, 4) is 5.69 Å². The molecule has 0 spiro atoms. The Bertz CT molecular complexity index is 736. The van der Waals surface area contributed by atoms with Crippen LogP contribution in [0.1, 0.15) is 39.2 Å². The highest BCUT2D eigenvalue weighted by Gasteiger charge is 2.26. The second kappa shape index (κ2) is 8.18. The number of nitrogens with zero attached hydrogens (tertiary/aromatic N) is 5. The molecular formula is C18H25N5O2S. The lowest BCUT2D eigenvalue weighted by Crippen LogP contribution is -2.48. The lowest BCUT2D eigenvalue weighted by molar-refractivity contribution is -0.140. The maximum Gasteiger partial charge on any atom is 0.233 e. The van der Waals surface area contributed by atoms with Crippen molar-refractivity contribution in [2.75, 3.05) is 18.8 Å². The van der Waals surface area contributed by atoms with Crippen LogP contribution in [0.5, 0.6) is 0 Å². The molecule has 0 aliphatic carbocycles. The van der Waals surface area contributed by atoms with Crippen LogP contribution in [0.3, 0.4) is 0 Å². The minimum Gasteiger partial charge on any atom is -0.372 e. The molecular weight excluding hydrogens is 350 g/mol. The van der Waals surface area contributed by atoms with Gasteiger partial charge in [-0.1, -0.05) is 37.7 Å². The average molecular weight is 375 g/mol. The lowest BCUT2D eigenvalue weighted by Gasteiger charge is -2.35. The predicted molar refractivity (Wildman–Crippen MR) is 101 cm³/mol. The van der Waals surface area contributed by atoms with Crippen molar-refractivity contribution in [3.05, 3.63) is 29.8 Å². The fourth-order valence-electron chi connectivity index (χ4n) is 3.03. The summed E-state index contributed by atoms with van der Waals surface area (Å²) in [5.41, 5.74) is 2.16. The summed E-state index contributed by atoms with van der Waals surface area (Å²) in [4.78, 5) is 14.4. The number of rotatable bonds is 5. The number of benzene rings is 1. The van der Waals surface area contributed by atoms with E-state index in [0.29, 0.717) is 29.9 Å². The molecule has 2 aromatic rings. The minimum atomic E-state index is 0.0671. The van der Waals surface area contributed by atoms with E-state index in [-0.39, 0.29) is 18.1 Å². The molecule has 26 heavy (non-hydrogen) atoms. The van der Waals surface area contributed by atoms with E-state index in [9.17, 15) is 4.79 Å². The first-order valence-electron chi connectivity index (χ1n) is 8.88. The number of ether oxygens (including phenoxy) is 1. The zero-order valence-corrected chi connectivity index (χ0v) is 16.4. The topological polar surface area (TPSA) is 73.1 Å². The Morgan fingerprint density at radius 3 is 2.50 bits per heavy atom. The molecule has 7 nitrogen and oxygen atoms in total. The van der Waals surface area contributed by atoms with Gasteiger partial charge in [0.2, 0.25) is 11.1 Å². The molecule has 1 aromatic carbocycles. The molecule has 1 saturated heterocycles. The van der Waals surface area contributed by atoms with Gasteiger partial charge in [0, 0.05) is 13.1 Å². The van der Waals surface area contributed by atoms with E-state index in [1.54, 1.807) is 4.68 Å². The Kier molecular flexibility index (Phi) is 5.93. The van der Waals surface area contributed by atoms with Crippen LogP contribution in [0.4, 0.5) is 0 Å². The first-order valence-corrected chi connectivity index (χ1v) is 9.87. The van der Waals surface area contributed by atoms with Crippen LogP contribution in [0.25, 0.3) is 5.69 Å². The molecule has 0 unspecified atom stereocenters. The number of hydrogen-bond acceptors (Lipinski definition) is 6. The highest BCUT2D eigenvalue weighted by atomic mass is 32.2. The molecule has 2 heterocycles. The van der Waals surface area contributed by atoms with Gasteiger partial charge in [0.15, 0.2) is 0 Å². The van der Waals surface area contributed by atoms with E-state index in [0.717, 1.165) is 5.69 Å². The quantitative estimate of drug-likeness (QED) is 0.748. The molecule has 1 aliphatic rings. The van der Waals surface area contributed by atoms with Gasteiger partial charge in [0.05, 0.1) is 23.6 Å². The normalized spacial score (nSPS) is 20.6. The van der Waals surface area contributed by atoms with Gasteiger partial charge in [-0.2, -0.15) is 4.68 Å². The van der Waals surface area contributed by atoms with Gasteiger partial charge in [-0.15, -0.1) is 5.10 Å². The van der Waals surface area contributed by atoms with Gasteiger partial charge < -0.3 is 9.64 Å². The third kappa shape index (κ3) is 4.42. The van der Waals surface area contributed by atoms with E-state index in [1.165, 1.54) is 17.3 Å². The lowest BCUT2D eigenvalue weighted by atomic mass is 10.0. The zero-order chi connectivity index (χ0) is 18.7. The summed E-state index contributed by atoms with van der Waals surface area (Å²) in [5, 5.41) is 12.5. The molecule has 2 atom stereocenters. The van der Waals surface area contributed by atoms with Crippen LogP contribution < -0.4 is 0 Å². The van der Waals surface area contributed by atoms with Gasteiger partial charge in [0.25, 0.3) is 0 Å². The van der Waals surface area contributed by atoms with Crippen LogP contribution in [0.15, 0.2) is 29.4 Å². The van der Waals surface area contributed by atoms with Gasteiger partial charge in [-0.05, 0) is 47.9 Å². The standard InChI is InChI=1S/C18H25N5O2S/c1-12(2)15-5-7-16(8-6-15)23-18(19-20-21-23)26-11-17(24)22-9-13(3)25-14(4)10-22/h5-8,12-14H,9-11H2,1-4H3/t13-,14-/m1/s1. The van der Waals surface area contributed by atoms with Crippen molar-refractivity contribution < 1.29 is 9.53 Å². The SMILES string of the molecule is CC(C)c1ccc(-n2nnnc2SCC(=O)N2C[C@@H](C)O[C@H](C)C2)cc1. The molecule has 1 aromatic heterocycles. The van der Waals surface area contributed by atoms with Crippen LogP contribution in [0.2, 0.25) is 0 Å². The van der Waals surface area contributed by atoms with Gasteiger partial charge in [-0.3, -0.25) is 4.79 Å².